The van der Waals surface area contributed by atoms with Gasteiger partial charge in [-0.2, -0.15) is 5.10 Å². The molecular formula is C34H35N9O5. The molecule has 5 amide bonds. The van der Waals surface area contributed by atoms with E-state index in [-0.39, 0.29) is 35.9 Å². The van der Waals surface area contributed by atoms with Crippen molar-refractivity contribution in [2.24, 2.45) is 5.73 Å². The third-order valence-corrected chi connectivity index (χ3v) is 9.41. The number of primary amides is 1. The molecule has 246 valence electrons. The minimum absolute atomic E-state index is 0.0643. The molecule has 0 bridgehead atoms. The van der Waals surface area contributed by atoms with Crippen LogP contribution in [0, 0.1) is 0 Å². The highest BCUT2D eigenvalue weighted by atomic mass is 16.2. The summed E-state index contributed by atoms with van der Waals surface area (Å²) in [6.07, 6.45) is 8.61. The number of nitrogens with two attached hydrogens (primary N) is 1. The third-order valence-electron chi connectivity index (χ3n) is 9.41. The fourth-order valence-corrected chi connectivity index (χ4v) is 6.84. The molecule has 14 heteroatoms. The van der Waals surface area contributed by atoms with Crippen molar-refractivity contribution in [1.29, 1.82) is 0 Å². The molecule has 2 atom stereocenters. The summed E-state index contributed by atoms with van der Waals surface area (Å²) < 4.78 is 1.98. The molecule has 48 heavy (non-hydrogen) atoms. The van der Waals surface area contributed by atoms with E-state index in [2.05, 4.69) is 25.6 Å². The lowest BCUT2D eigenvalue weighted by molar-refractivity contribution is -0.136. The number of anilines is 1. The van der Waals surface area contributed by atoms with Gasteiger partial charge in [-0.3, -0.25) is 48.8 Å². The van der Waals surface area contributed by atoms with Crippen molar-refractivity contribution >= 4 is 46.3 Å². The van der Waals surface area contributed by atoms with Gasteiger partial charge >= 0.3 is 0 Å². The van der Waals surface area contributed by atoms with Gasteiger partial charge in [0.05, 0.1) is 52.3 Å². The Bertz CT molecular complexity index is 1930. The first-order valence-electron chi connectivity index (χ1n) is 16.2. The Hall–Kier alpha value is -5.50. The molecule has 0 saturated carbocycles. The molecule has 0 spiro atoms. The summed E-state index contributed by atoms with van der Waals surface area (Å²) in [6, 6.07) is 11.4. The van der Waals surface area contributed by atoms with Gasteiger partial charge in [-0.25, -0.2) is 4.98 Å². The van der Waals surface area contributed by atoms with E-state index < -0.39 is 35.7 Å². The quantitative estimate of drug-likeness (QED) is 0.170. The van der Waals surface area contributed by atoms with E-state index in [0.717, 1.165) is 40.0 Å². The highest BCUT2D eigenvalue weighted by molar-refractivity contribution is 6.23. The maximum absolute atomic E-state index is 13.1. The van der Waals surface area contributed by atoms with E-state index in [1.54, 1.807) is 24.4 Å². The number of hydrogen-bond acceptors (Lipinski definition) is 10. The Morgan fingerprint density at radius 1 is 0.979 bits per heavy atom. The van der Waals surface area contributed by atoms with Crippen molar-refractivity contribution in [2.45, 2.75) is 56.7 Å². The molecule has 3 aliphatic heterocycles. The zero-order valence-electron chi connectivity index (χ0n) is 26.2. The van der Waals surface area contributed by atoms with Crippen LogP contribution in [0.25, 0.3) is 22.3 Å². The van der Waals surface area contributed by atoms with Crippen molar-refractivity contribution in [3.63, 3.8) is 0 Å². The van der Waals surface area contributed by atoms with Crippen LogP contribution in [0.2, 0.25) is 0 Å². The normalized spacial score (nSPS) is 19.4. The van der Waals surface area contributed by atoms with Gasteiger partial charge in [0, 0.05) is 43.5 Å². The van der Waals surface area contributed by atoms with Gasteiger partial charge in [-0.1, -0.05) is 12.1 Å². The molecule has 3 aliphatic rings. The van der Waals surface area contributed by atoms with E-state index in [4.69, 9.17) is 10.7 Å². The maximum Gasteiger partial charge on any atom is 0.262 e. The lowest BCUT2D eigenvalue weighted by atomic mass is 10.0. The number of hydrogen-bond donors (Lipinski definition) is 3. The van der Waals surface area contributed by atoms with Gasteiger partial charge in [0.1, 0.15) is 6.04 Å². The minimum atomic E-state index is -1.01. The fraction of sp³-hybridized carbons (Fsp3) is 0.353. The molecule has 2 unspecified atom stereocenters. The summed E-state index contributed by atoms with van der Waals surface area (Å²) in [5.74, 6) is -2.52. The Morgan fingerprint density at radius 2 is 1.75 bits per heavy atom. The summed E-state index contributed by atoms with van der Waals surface area (Å²) >= 11 is 0. The predicted molar refractivity (Wildman–Crippen MR) is 174 cm³/mol. The summed E-state index contributed by atoms with van der Waals surface area (Å²) in [4.78, 5) is 74.7. The number of likely N-dealkylation sites (tertiary alicyclic amines) is 1. The number of rotatable bonds is 10. The van der Waals surface area contributed by atoms with Gasteiger partial charge in [0.15, 0.2) is 0 Å². The van der Waals surface area contributed by atoms with Crippen molar-refractivity contribution in [1.82, 2.24) is 34.9 Å². The molecule has 2 fully saturated rings. The molecule has 2 saturated heterocycles. The summed E-state index contributed by atoms with van der Waals surface area (Å²) in [7, 11) is 0. The van der Waals surface area contributed by atoms with Crippen LogP contribution in [0.15, 0.2) is 61.1 Å². The molecule has 5 heterocycles. The van der Waals surface area contributed by atoms with Gasteiger partial charge in [-0.05, 0) is 62.4 Å². The van der Waals surface area contributed by atoms with Gasteiger partial charge in [0.2, 0.25) is 17.7 Å². The van der Waals surface area contributed by atoms with E-state index in [9.17, 15) is 24.0 Å². The third kappa shape index (κ3) is 6.01. The lowest BCUT2D eigenvalue weighted by Gasteiger charge is -2.36. The average molecular weight is 650 g/mol. The molecule has 4 N–H and O–H groups in total. The molecule has 4 aromatic rings. The van der Waals surface area contributed by atoms with Crippen LogP contribution in [0.3, 0.4) is 0 Å². The topological polar surface area (TPSA) is 186 Å². The number of fused-ring (bicyclic) bond motifs is 2. The molecule has 7 rings (SSSR count). The van der Waals surface area contributed by atoms with E-state index in [1.165, 1.54) is 0 Å². The van der Waals surface area contributed by atoms with Crippen molar-refractivity contribution in [3.8, 4) is 11.3 Å². The van der Waals surface area contributed by atoms with Crippen LogP contribution in [0.1, 0.15) is 65.3 Å². The molecule has 0 aliphatic carbocycles. The van der Waals surface area contributed by atoms with Crippen LogP contribution < -0.4 is 16.4 Å². The van der Waals surface area contributed by atoms with Crippen LogP contribution in [-0.4, -0.2) is 90.8 Å². The van der Waals surface area contributed by atoms with Crippen molar-refractivity contribution in [3.05, 3.63) is 72.2 Å². The second kappa shape index (κ2) is 13.0. The van der Waals surface area contributed by atoms with Crippen molar-refractivity contribution in [2.75, 3.05) is 25.0 Å². The SMILES string of the molecule is NC(=O)C(CCCNc1ccc2c(c1)C(=O)N(C1CCC(=O)NC1=O)C2=O)N1CCC(n2cc(-c3cnc4ccccc4n3)cn2)CC1. The summed E-state index contributed by atoms with van der Waals surface area (Å²) in [5, 5.41) is 10.1. The zero-order valence-corrected chi connectivity index (χ0v) is 26.2. The van der Waals surface area contributed by atoms with Gasteiger partial charge < -0.3 is 11.1 Å². The highest BCUT2D eigenvalue weighted by Crippen LogP contribution is 2.30. The standard InChI is InChI=1S/C34H35N9O5/c35-31(45)28(41-14-11-22(12-15-41)42-19-20(17-38-42)27-18-37-25-4-1-2-5-26(25)39-27)6-3-13-36-21-7-8-23-24(16-21)34(48)43(33(23)47)29-9-10-30(44)40-32(29)46/h1-2,4-5,7-8,16-19,22,28-29,36H,3,6,9-15H2,(H2,35,45)(H,40,44,46). The number of aromatic nitrogens is 4. The summed E-state index contributed by atoms with van der Waals surface area (Å²) in [6.45, 7) is 1.94. The predicted octanol–water partition coefficient (Wildman–Crippen LogP) is 2.28. The Kier molecular flexibility index (Phi) is 8.40. The number of carbonyl (C=O) groups excluding carboxylic acids is 5. The molecule has 2 aromatic heterocycles. The Labute approximate surface area is 275 Å². The highest BCUT2D eigenvalue weighted by Gasteiger charge is 2.44. The minimum Gasteiger partial charge on any atom is -0.385 e. The number of nitrogens with zero attached hydrogens (tertiary/aromatic N) is 6. The number of amides is 5. The molecule has 2 aromatic carbocycles. The first-order chi connectivity index (χ1) is 23.3. The molecule has 0 radical (unpaired) electrons. The summed E-state index contributed by atoms with van der Waals surface area (Å²) in [5.41, 5.74) is 10.3. The van der Waals surface area contributed by atoms with E-state index in [1.807, 2.05) is 41.3 Å². The number of benzene rings is 2. The second-order valence-electron chi connectivity index (χ2n) is 12.4. The Balaban J connectivity index is 0.909. The Morgan fingerprint density at radius 3 is 2.52 bits per heavy atom. The number of carbonyl (C=O) groups is 5. The smallest absolute Gasteiger partial charge is 0.262 e. The number of nitrogens with one attached hydrogen (secondary N) is 2. The number of imide groups is 2. The van der Waals surface area contributed by atoms with Crippen LogP contribution >= 0.6 is 0 Å². The fourth-order valence-electron chi connectivity index (χ4n) is 6.84. The second-order valence-corrected chi connectivity index (χ2v) is 12.4. The zero-order chi connectivity index (χ0) is 33.4. The van der Waals surface area contributed by atoms with Crippen LogP contribution in [-0.2, 0) is 14.4 Å². The molecular weight excluding hydrogens is 614 g/mol. The largest absolute Gasteiger partial charge is 0.385 e. The first-order valence-corrected chi connectivity index (χ1v) is 16.2. The molecule has 14 nitrogen and oxygen atoms in total. The van der Waals surface area contributed by atoms with E-state index >= 15 is 0 Å². The van der Waals surface area contributed by atoms with E-state index in [0.29, 0.717) is 38.2 Å². The number of piperidine rings is 2. The average Bonchev–Trinajstić information content (AvgIpc) is 3.68. The van der Waals surface area contributed by atoms with Crippen molar-refractivity contribution < 1.29 is 24.0 Å². The monoisotopic (exact) mass is 649 g/mol. The van der Waals surface area contributed by atoms with Crippen LogP contribution in [0.5, 0.6) is 0 Å². The lowest BCUT2D eigenvalue weighted by Crippen LogP contribution is -2.54. The number of para-hydroxylation sites is 2. The van der Waals surface area contributed by atoms with Gasteiger partial charge in [-0.15, -0.1) is 0 Å². The van der Waals surface area contributed by atoms with Gasteiger partial charge in [0.25, 0.3) is 11.8 Å². The first kappa shape index (κ1) is 31.1. The van der Waals surface area contributed by atoms with Crippen LogP contribution in [0.4, 0.5) is 5.69 Å². The maximum atomic E-state index is 13.1.